The number of hydrazine groups is 1. The molecule has 2 N–H and O–H groups in total. The average molecular weight is 439 g/mol. The van der Waals surface area contributed by atoms with E-state index in [-0.39, 0.29) is 11.7 Å². The number of hydrogen-bond donors (Lipinski definition) is 2. The number of thioether (sulfide) groups is 2. The van der Waals surface area contributed by atoms with E-state index in [1.165, 1.54) is 29.4 Å². The summed E-state index contributed by atoms with van der Waals surface area (Å²) in [7, 11) is 0. The molecule has 0 unspecified atom stereocenters. The number of carbonyl (C=O) groups excluding carboxylic acids is 1. The molecule has 0 aliphatic heterocycles. The van der Waals surface area contributed by atoms with Gasteiger partial charge in [-0.2, -0.15) is 0 Å². The predicted octanol–water partition coefficient (Wildman–Crippen LogP) is 4.46. The molecule has 0 spiro atoms. The van der Waals surface area contributed by atoms with Gasteiger partial charge in [-0.25, -0.2) is 0 Å². The molecular weight excluding hydrogens is 424 g/mol. The van der Waals surface area contributed by atoms with E-state index in [1.54, 1.807) is 23.9 Å². The van der Waals surface area contributed by atoms with E-state index < -0.39 is 0 Å². The van der Waals surface area contributed by atoms with Gasteiger partial charge in [0.05, 0.1) is 17.7 Å². The van der Waals surface area contributed by atoms with Gasteiger partial charge in [0.25, 0.3) is 0 Å². The lowest BCUT2D eigenvalue weighted by Gasteiger charge is -2.08. The molecule has 1 aromatic carbocycles. The van der Waals surface area contributed by atoms with Gasteiger partial charge in [-0.05, 0) is 29.8 Å². The maximum absolute atomic E-state index is 11.9. The number of furan rings is 1. The van der Waals surface area contributed by atoms with Crippen LogP contribution in [0.3, 0.4) is 0 Å². The van der Waals surface area contributed by atoms with Crippen LogP contribution in [0.5, 0.6) is 0 Å². The summed E-state index contributed by atoms with van der Waals surface area (Å²) in [5.41, 5.74) is 6.94. The highest BCUT2D eigenvalue weighted by atomic mass is 35.5. The summed E-state index contributed by atoms with van der Waals surface area (Å²) in [5, 5.41) is 8.97. The number of aromatic nitrogens is 2. The molecule has 0 fully saturated rings. The number of carbonyl (C=O) groups is 1. The molecule has 0 saturated carbocycles. The van der Waals surface area contributed by atoms with Crippen LogP contribution in [-0.2, 0) is 10.5 Å². The molecule has 0 atom stereocenters. The molecule has 140 valence electrons. The van der Waals surface area contributed by atoms with Crippen LogP contribution in [-0.4, -0.2) is 21.9 Å². The standard InChI is InChI=1S/C17H15ClN4O2S3/c1-11(14-3-2-8-24-14)19-20-15(23)10-26-17-22-21-16(27-17)25-9-12-4-6-13(18)7-5-12/h2-8,19H,1,9-10H2,(H,20,23). The van der Waals surface area contributed by atoms with Gasteiger partial charge in [0.1, 0.15) is 0 Å². The second-order valence-electron chi connectivity index (χ2n) is 5.17. The highest BCUT2D eigenvalue weighted by molar-refractivity contribution is 8.03. The van der Waals surface area contributed by atoms with Gasteiger partial charge in [-0.1, -0.05) is 65.2 Å². The number of rotatable bonds is 9. The highest BCUT2D eigenvalue weighted by Crippen LogP contribution is 2.30. The highest BCUT2D eigenvalue weighted by Gasteiger charge is 2.10. The van der Waals surface area contributed by atoms with Gasteiger partial charge in [-0.15, -0.1) is 10.2 Å². The summed E-state index contributed by atoms with van der Waals surface area (Å²) < 4.78 is 6.78. The molecule has 0 aliphatic rings. The average Bonchev–Trinajstić information content (AvgIpc) is 3.36. The van der Waals surface area contributed by atoms with Crippen molar-refractivity contribution in [2.75, 3.05) is 5.75 Å². The van der Waals surface area contributed by atoms with Gasteiger partial charge in [0.15, 0.2) is 14.4 Å². The Kier molecular flexibility index (Phi) is 7.22. The maximum atomic E-state index is 11.9. The molecule has 0 saturated heterocycles. The van der Waals surface area contributed by atoms with Gasteiger partial charge in [0, 0.05) is 10.8 Å². The fourth-order valence-corrected chi connectivity index (χ4v) is 4.76. The Bertz CT molecular complexity index is 897. The lowest BCUT2D eigenvalue weighted by Crippen LogP contribution is -2.36. The largest absolute Gasteiger partial charge is 0.463 e. The third-order valence-corrected chi connectivity index (χ3v) is 6.67. The van der Waals surface area contributed by atoms with Crippen molar-refractivity contribution >= 4 is 58.1 Å². The minimum atomic E-state index is -0.196. The van der Waals surface area contributed by atoms with Crippen LogP contribution in [0.15, 0.2) is 62.3 Å². The van der Waals surface area contributed by atoms with E-state index in [1.807, 2.05) is 24.3 Å². The minimum absolute atomic E-state index is 0.196. The SMILES string of the molecule is C=C(NNC(=O)CSc1nnc(SCc2ccc(Cl)cc2)s1)c1ccco1. The zero-order valence-electron chi connectivity index (χ0n) is 14.0. The van der Waals surface area contributed by atoms with Crippen LogP contribution in [0.25, 0.3) is 5.70 Å². The van der Waals surface area contributed by atoms with Gasteiger partial charge < -0.3 is 4.42 Å². The fourth-order valence-electron chi connectivity index (χ4n) is 1.86. The van der Waals surface area contributed by atoms with Crippen molar-refractivity contribution in [2.24, 2.45) is 0 Å². The lowest BCUT2D eigenvalue weighted by molar-refractivity contribution is -0.119. The second-order valence-corrected chi connectivity index (χ2v) is 9.03. The Morgan fingerprint density at radius 3 is 2.59 bits per heavy atom. The molecule has 0 aliphatic carbocycles. The Morgan fingerprint density at radius 1 is 1.15 bits per heavy atom. The van der Waals surface area contributed by atoms with Crippen molar-refractivity contribution < 1.29 is 9.21 Å². The van der Waals surface area contributed by atoms with Gasteiger partial charge >= 0.3 is 0 Å². The van der Waals surface area contributed by atoms with Crippen molar-refractivity contribution in [1.82, 2.24) is 21.0 Å². The monoisotopic (exact) mass is 438 g/mol. The number of benzene rings is 1. The van der Waals surface area contributed by atoms with Crippen molar-refractivity contribution in [3.05, 3.63) is 65.6 Å². The Balaban J connectivity index is 1.39. The first-order valence-electron chi connectivity index (χ1n) is 7.71. The van der Waals surface area contributed by atoms with Crippen molar-refractivity contribution in [3.63, 3.8) is 0 Å². The molecule has 10 heteroatoms. The summed E-state index contributed by atoms with van der Waals surface area (Å²) in [5.74, 6) is 1.37. The van der Waals surface area contributed by atoms with E-state index in [0.717, 1.165) is 25.0 Å². The van der Waals surface area contributed by atoms with E-state index in [0.29, 0.717) is 11.5 Å². The molecule has 1 amide bonds. The third-order valence-electron chi connectivity index (χ3n) is 3.16. The van der Waals surface area contributed by atoms with Crippen LogP contribution in [0.4, 0.5) is 0 Å². The van der Waals surface area contributed by atoms with Crippen LogP contribution in [0.2, 0.25) is 5.02 Å². The Morgan fingerprint density at radius 2 is 1.89 bits per heavy atom. The number of halogens is 1. The zero-order chi connectivity index (χ0) is 19.1. The summed E-state index contributed by atoms with van der Waals surface area (Å²) in [6, 6.07) is 11.2. The minimum Gasteiger partial charge on any atom is -0.463 e. The van der Waals surface area contributed by atoms with E-state index in [9.17, 15) is 4.79 Å². The van der Waals surface area contributed by atoms with Crippen LogP contribution in [0, 0.1) is 0 Å². The van der Waals surface area contributed by atoms with Crippen LogP contribution < -0.4 is 10.9 Å². The first-order chi connectivity index (χ1) is 13.1. The van der Waals surface area contributed by atoms with Gasteiger partial charge in [-0.3, -0.25) is 15.6 Å². The molecule has 3 rings (SSSR count). The van der Waals surface area contributed by atoms with Crippen molar-refractivity contribution in [3.8, 4) is 0 Å². The molecule has 3 aromatic rings. The lowest BCUT2D eigenvalue weighted by atomic mass is 10.2. The first kappa shape index (κ1) is 19.8. The normalized spacial score (nSPS) is 10.6. The molecule has 27 heavy (non-hydrogen) atoms. The van der Waals surface area contributed by atoms with E-state index in [4.69, 9.17) is 16.0 Å². The maximum Gasteiger partial charge on any atom is 0.248 e. The first-order valence-corrected chi connectivity index (χ1v) is 10.9. The topological polar surface area (TPSA) is 80.0 Å². The predicted molar refractivity (Wildman–Crippen MR) is 111 cm³/mol. The summed E-state index contributed by atoms with van der Waals surface area (Å²) in [6.07, 6.45) is 1.54. The summed E-state index contributed by atoms with van der Waals surface area (Å²) in [4.78, 5) is 11.9. The van der Waals surface area contributed by atoms with Crippen LogP contribution >= 0.6 is 46.5 Å². The van der Waals surface area contributed by atoms with E-state index in [2.05, 4.69) is 27.6 Å². The smallest absolute Gasteiger partial charge is 0.248 e. The van der Waals surface area contributed by atoms with Crippen molar-refractivity contribution in [1.29, 1.82) is 0 Å². The fraction of sp³-hybridized carbons (Fsp3) is 0.118. The quantitative estimate of drug-likeness (QED) is 0.377. The van der Waals surface area contributed by atoms with E-state index >= 15 is 0 Å². The number of nitrogens with one attached hydrogen (secondary N) is 2. The Hall–Kier alpha value is -1.94. The van der Waals surface area contributed by atoms with Gasteiger partial charge in [0.2, 0.25) is 5.91 Å². The van der Waals surface area contributed by atoms with Crippen molar-refractivity contribution in [2.45, 2.75) is 14.4 Å². The molecular formula is C17H15ClN4O2S3. The molecule has 2 heterocycles. The summed E-state index contributed by atoms with van der Waals surface area (Å²) in [6.45, 7) is 3.78. The number of amides is 1. The number of hydrogen-bond acceptors (Lipinski definition) is 8. The second kappa shape index (κ2) is 9.84. The zero-order valence-corrected chi connectivity index (χ0v) is 17.2. The Labute approximate surface area is 173 Å². The summed E-state index contributed by atoms with van der Waals surface area (Å²) >= 11 is 10.3. The molecule has 6 nitrogen and oxygen atoms in total. The molecule has 2 aromatic heterocycles. The molecule has 0 radical (unpaired) electrons. The third kappa shape index (κ3) is 6.31. The molecule has 0 bridgehead atoms. The van der Waals surface area contributed by atoms with Crippen LogP contribution in [0.1, 0.15) is 11.3 Å². The number of nitrogens with zero attached hydrogens (tertiary/aromatic N) is 2.